The molecule has 0 atom stereocenters. The van der Waals surface area contributed by atoms with Crippen molar-refractivity contribution < 1.29 is 0 Å². The van der Waals surface area contributed by atoms with Crippen molar-refractivity contribution in [1.82, 2.24) is 0 Å². The van der Waals surface area contributed by atoms with Gasteiger partial charge in [-0.15, -0.1) is 0 Å². The molecule has 0 saturated carbocycles. The Labute approximate surface area is 188 Å². The van der Waals surface area contributed by atoms with Crippen molar-refractivity contribution in [3.63, 3.8) is 0 Å². The van der Waals surface area contributed by atoms with Crippen LogP contribution in [0.3, 0.4) is 0 Å². The molecule has 0 bridgehead atoms. The van der Waals surface area contributed by atoms with Gasteiger partial charge in [0, 0.05) is 0 Å². The van der Waals surface area contributed by atoms with E-state index in [0.29, 0.717) is 0 Å². The smallest absolute Gasteiger partial charge is 0.00735 e. The Kier molecular flexibility index (Phi) is 4.33. The predicted octanol–water partition coefficient (Wildman–Crippen LogP) is 9.10. The molecule has 0 amide bonds. The summed E-state index contributed by atoms with van der Waals surface area (Å²) in [6.07, 6.45) is 0. The van der Waals surface area contributed by atoms with Gasteiger partial charge in [-0.25, -0.2) is 0 Å². The van der Waals surface area contributed by atoms with E-state index in [9.17, 15) is 0 Å². The van der Waals surface area contributed by atoms with E-state index in [-0.39, 0.29) is 0 Å². The van der Waals surface area contributed by atoms with Crippen LogP contribution in [0, 0.1) is 13.8 Å². The van der Waals surface area contributed by atoms with Gasteiger partial charge in [-0.1, -0.05) is 97.1 Å². The van der Waals surface area contributed by atoms with Gasteiger partial charge in [-0.3, -0.25) is 0 Å². The van der Waals surface area contributed by atoms with E-state index in [4.69, 9.17) is 0 Å². The van der Waals surface area contributed by atoms with Crippen molar-refractivity contribution in [3.05, 3.63) is 120 Å². The summed E-state index contributed by atoms with van der Waals surface area (Å²) in [5.41, 5.74) is 7.81. The highest BCUT2D eigenvalue weighted by atomic mass is 14.1. The maximum Gasteiger partial charge on any atom is -0.00735 e. The van der Waals surface area contributed by atoms with Crippen molar-refractivity contribution >= 4 is 32.3 Å². The van der Waals surface area contributed by atoms with Gasteiger partial charge in [0.15, 0.2) is 0 Å². The van der Waals surface area contributed by atoms with Crippen molar-refractivity contribution in [3.8, 4) is 22.3 Å². The molecule has 0 nitrogen and oxygen atoms in total. The molecule has 6 aromatic rings. The van der Waals surface area contributed by atoms with Crippen LogP contribution in [0.5, 0.6) is 0 Å². The van der Waals surface area contributed by atoms with Crippen LogP contribution in [-0.2, 0) is 0 Å². The lowest BCUT2D eigenvalue weighted by molar-refractivity contribution is 1.43. The number of hydrogen-bond acceptors (Lipinski definition) is 0. The fourth-order valence-electron chi connectivity index (χ4n) is 5.01. The average molecular weight is 409 g/mol. The molecule has 6 rings (SSSR count). The summed E-state index contributed by atoms with van der Waals surface area (Å²) in [7, 11) is 0. The fourth-order valence-corrected chi connectivity index (χ4v) is 5.01. The van der Waals surface area contributed by atoms with Gasteiger partial charge in [-0.05, 0) is 91.7 Å². The van der Waals surface area contributed by atoms with Crippen LogP contribution >= 0.6 is 0 Å². The van der Waals surface area contributed by atoms with Gasteiger partial charge in [0.25, 0.3) is 0 Å². The maximum atomic E-state index is 2.34. The van der Waals surface area contributed by atoms with Crippen molar-refractivity contribution in [2.24, 2.45) is 0 Å². The summed E-state index contributed by atoms with van der Waals surface area (Å²) < 4.78 is 0. The van der Waals surface area contributed by atoms with Gasteiger partial charge in [0.1, 0.15) is 0 Å². The number of fused-ring (bicyclic) bond motifs is 4. The molecule has 0 spiro atoms. The minimum Gasteiger partial charge on any atom is -0.0620 e. The zero-order valence-electron chi connectivity index (χ0n) is 18.4. The minimum atomic E-state index is 1.26. The Morgan fingerprint density at radius 1 is 0.406 bits per heavy atom. The number of rotatable bonds is 2. The Bertz CT molecular complexity index is 1640. The topological polar surface area (TPSA) is 0 Å². The Morgan fingerprint density at radius 2 is 1.06 bits per heavy atom. The molecular formula is C32H24. The first kappa shape index (κ1) is 18.8. The van der Waals surface area contributed by atoms with Crippen LogP contribution in [0.25, 0.3) is 54.6 Å². The number of aryl methyl sites for hydroxylation is 2. The summed E-state index contributed by atoms with van der Waals surface area (Å²) in [6.45, 7) is 4.41. The predicted molar refractivity (Wildman–Crippen MR) is 139 cm³/mol. The first-order chi connectivity index (χ1) is 15.7. The Morgan fingerprint density at radius 3 is 1.94 bits per heavy atom. The summed E-state index contributed by atoms with van der Waals surface area (Å²) in [5.74, 6) is 0. The van der Waals surface area contributed by atoms with Gasteiger partial charge in [-0.2, -0.15) is 0 Å². The normalized spacial score (nSPS) is 11.4. The van der Waals surface area contributed by atoms with Gasteiger partial charge >= 0.3 is 0 Å². The SMILES string of the molecule is Cc1ccccc1-c1c(C)ccc2cc(-c3ccc4ccc5ccccc5c4c3)ccc12. The largest absolute Gasteiger partial charge is 0.0620 e. The van der Waals surface area contributed by atoms with Crippen LogP contribution < -0.4 is 0 Å². The van der Waals surface area contributed by atoms with Crippen LogP contribution in [-0.4, -0.2) is 0 Å². The van der Waals surface area contributed by atoms with E-state index in [2.05, 4.69) is 123 Å². The molecular weight excluding hydrogens is 384 g/mol. The summed E-state index contributed by atoms with van der Waals surface area (Å²) in [6, 6.07) is 40.0. The summed E-state index contributed by atoms with van der Waals surface area (Å²) in [4.78, 5) is 0. The van der Waals surface area contributed by atoms with E-state index in [1.807, 2.05) is 0 Å². The van der Waals surface area contributed by atoms with Gasteiger partial charge < -0.3 is 0 Å². The molecule has 0 heteroatoms. The molecule has 0 N–H and O–H groups in total. The highest BCUT2D eigenvalue weighted by Crippen LogP contribution is 2.36. The molecule has 6 aromatic carbocycles. The summed E-state index contributed by atoms with van der Waals surface area (Å²) in [5, 5.41) is 7.79. The molecule has 0 aliphatic heterocycles. The molecule has 0 heterocycles. The second-order valence-electron chi connectivity index (χ2n) is 8.73. The second kappa shape index (κ2) is 7.35. The third-order valence-electron chi connectivity index (χ3n) is 6.72. The molecule has 0 radical (unpaired) electrons. The van der Waals surface area contributed by atoms with E-state index < -0.39 is 0 Å². The monoisotopic (exact) mass is 408 g/mol. The molecule has 0 aliphatic carbocycles. The van der Waals surface area contributed by atoms with E-state index in [1.54, 1.807) is 0 Å². The van der Waals surface area contributed by atoms with E-state index in [1.165, 1.54) is 65.7 Å². The van der Waals surface area contributed by atoms with E-state index >= 15 is 0 Å². The molecule has 152 valence electrons. The van der Waals surface area contributed by atoms with Crippen LogP contribution in [0.4, 0.5) is 0 Å². The summed E-state index contributed by atoms with van der Waals surface area (Å²) >= 11 is 0. The lowest BCUT2D eigenvalue weighted by atomic mass is 9.90. The zero-order chi connectivity index (χ0) is 21.7. The zero-order valence-corrected chi connectivity index (χ0v) is 18.4. The first-order valence-corrected chi connectivity index (χ1v) is 11.2. The standard InChI is InChI=1S/C32H24/c1-21-7-3-5-9-28(21)32-22(2)11-12-27-19-25(17-18-30(27)32)26-16-15-24-14-13-23-8-4-6-10-29(23)31(24)20-26/h3-20H,1-2H3. The molecule has 32 heavy (non-hydrogen) atoms. The van der Waals surface area contributed by atoms with Crippen LogP contribution in [0.15, 0.2) is 109 Å². The lowest BCUT2D eigenvalue weighted by Crippen LogP contribution is -1.90. The van der Waals surface area contributed by atoms with E-state index in [0.717, 1.165) is 0 Å². The molecule has 0 saturated heterocycles. The van der Waals surface area contributed by atoms with Crippen molar-refractivity contribution in [2.75, 3.05) is 0 Å². The second-order valence-corrected chi connectivity index (χ2v) is 8.73. The highest BCUT2D eigenvalue weighted by molar-refractivity contribution is 6.09. The van der Waals surface area contributed by atoms with Crippen molar-refractivity contribution in [2.45, 2.75) is 13.8 Å². The Balaban J connectivity index is 1.55. The van der Waals surface area contributed by atoms with Crippen molar-refractivity contribution in [1.29, 1.82) is 0 Å². The third-order valence-corrected chi connectivity index (χ3v) is 6.72. The minimum absolute atomic E-state index is 1.26. The fraction of sp³-hybridized carbons (Fsp3) is 0.0625. The molecule has 0 aromatic heterocycles. The van der Waals surface area contributed by atoms with Crippen LogP contribution in [0.2, 0.25) is 0 Å². The first-order valence-electron chi connectivity index (χ1n) is 11.2. The number of hydrogen-bond donors (Lipinski definition) is 0. The third kappa shape index (κ3) is 2.99. The molecule has 0 fully saturated rings. The van der Waals surface area contributed by atoms with Gasteiger partial charge in [0.2, 0.25) is 0 Å². The average Bonchev–Trinajstić information content (AvgIpc) is 2.84. The lowest BCUT2D eigenvalue weighted by Gasteiger charge is -2.14. The van der Waals surface area contributed by atoms with Gasteiger partial charge in [0.05, 0.1) is 0 Å². The number of benzene rings is 6. The molecule has 0 unspecified atom stereocenters. The maximum absolute atomic E-state index is 2.34. The Hall–Kier alpha value is -3.90. The highest BCUT2D eigenvalue weighted by Gasteiger charge is 2.11. The molecule has 0 aliphatic rings. The quantitative estimate of drug-likeness (QED) is 0.251. The van der Waals surface area contributed by atoms with Crippen LogP contribution in [0.1, 0.15) is 11.1 Å².